The molecule has 2 aromatic rings. The van der Waals surface area contributed by atoms with Crippen molar-refractivity contribution in [3.05, 3.63) is 52.5 Å². The van der Waals surface area contributed by atoms with Gasteiger partial charge in [-0.3, -0.25) is 9.69 Å². The van der Waals surface area contributed by atoms with E-state index in [9.17, 15) is 13.2 Å². The Balaban J connectivity index is 1.34. The normalized spacial score (nSPS) is 17.1. The first-order chi connectivity index (χ1) is 14.8. The van der Waals surface area contributed by atoms with E-state index in [1.165, 1.54) is 12.6 Å². The molecule has 0 radical (unpaired) electrons. The van der Waals surface area contributed by atoms with Gasteiger partial charge in [-0.2, -0.15) is 0 Å². The minimum Gasteiger partial charge on any atom is -0.369 e. The first-order valence-corrected chi connectivity index (χ1v) is 12.8. The van der Waals surface area contributed by atoms with E-state index in [2.05, 4.69) is 42.6 Å². The molecule has 0 saturated carbocycles. The van der Waals surface area contributed by atoms with Crippen molar-refractivity contribution >= 4 is 43.2 Å². The van der Waals surface area contributed by atoms with Crippen LogP contribution in [0.25, 0.3) is 0 Å². The molecule has 4 rings (SSSR count). The fourth-order valence-electron chi connectivity index (χ4n) is 4.21. The zero-order chi connectivity index (χ0) is 22.0. The van der Waals surface area contributed by atoms with Crippen molar-refractivity contribution < 1.29 is 13.2 Å². The maximum Gasteiger partial charge on any atom is 0.241 e. The van der Waals surface area contributed by atoms with Gasteiger partial charge in [0, 0.05) is 68.6 Å². The van der Waals surface area contributed by atoms with Gasteiger partial charge in [0.2, 0.25) is 15.9 Å². The molecule has 31 heavy (non-hydrogen) atoms. The lowest BCUT2D eigenvalue weighted by molar-refractivity contribution is -0.116. The van der Waals surface area contributed by atoms with Crippen molar-refractivity contribution in [3.8, 4) is 0 Å². The Labute approximate surface area is 192 Å². The van der Waals surface area contributed by atoms with Crippen molar-refractivity contribution in [2.45, 2.75) is 18.2 Å². The summed E-state index contributed by atoms with van der Waals surface area (Å²) in [5.41, 5.74) is 2.90. The predicted octanol–water partition coefficient (Wildman–Crippen LogP) is 2.46. The summed E-state index contributed by atoms with van der Waals surface area (Å²) in [6.07, 6.45) is 0.732. The molecule has 7 nitrogen and oxygen atoms in total. The first kappa shape index (κ1) is 22.3. The number of halogens is 1. The number of carbonyl (C=O) groups excluding carboxylic acids is 1. The number of sulfonamides is 1. The van der Waals surface area contributed by atoms with E-state index >= 15 is 0 Å². The number of nitrogens with zero attached hydrogens (tertiary/aromatic N) is 3. The number of anilines is 2. The van der Waals surface area contributed by atoms with Gasteiger partial charge in [0.15, 0.2) is 0 Å². The summed E-state index contributed by atoms with van der Waals surface area (Å²) in [5.74, 6) is -0.0768. The van der Waals surface area contributed by atoms with E-state index in [1.807, 2.05) is 24.3 Å². The van der Waals surface area contributed by atoms with Gasteiger partial charge < -0.3 is 9.80 Å². The molecule has 1 fully saturated rings. The van der Waals surface area contributed by atoms with E-state index < -0.39 is 10.0 Å². The Hall–Kier alpha value is -1.94. The van der Waals surface area contributed by atoms with E-state index in [0.717, 1.165) is 38.2 Å². The predicted molar refractivity (Wildman–Crippen MR) is 126 cm³/mol. The van der Waals surface area contributed by atoms with Crippen LogP contribution in [0.3, 0.4) is 0 Å². The molecule has 1 amide bonds. The molecule has 2 heterocycles. The molecule has 1 saturated heterocycles. The molecule has 9 heteroatoms. The zero-order valence-electron chi connectivity index (χ0n) is 17.6. The molecular formula is C22H27BrN4O3S. The number of para-hydroxylation sites is 1. The number of hydrogen-bond donors (Lipinski definition) is 1. The second kappa shape index (κ2) is 9.28. The van der Waals surface area contributed by atoms with Crippen molar-refractivity contribution in [1.29, 1.82) is 0 Å². The van der Waals surface area contributed by atoms with E-state index in [-0.39, 0.29) is 10.8 Å². The van der Waals surface area contributed by atoms with Crippen molar-refractivity contribution in [2.24, 2.45) is 0 Å². The first-order valence-electron chi connectivity index (χ1n) is 10.5. The standard InChI is InChI=1S/C22H27BrN4O3S/c1-17(28)27-9-7-18-15-20(23)22(16-21(18)27)31(29,30)24-8-10-25-11-13-26(14-12-25)19-5-3-2-4-6-19/h2-6,15-16,24H,7-14H2,1H3. The highest BCUT2D eigenvalue weighted by Gasteiger charge is 2.27. The number of fused-ring (bicyclic) bond motifs is 1. The summed E-state index contributed by atoms with van der Waals surface area (Å²) in [6.45, 7) is 6.73. The number of rotatable bonds is 6. The van der Waals surface area contributed by atoms with Crippen LogP contribution in [-0.4, -0.2) is 65.0 Å². The average Bonchev–Trinajstić information content (AvgIpc) is 3.17. The van der Waals surface area contributed by atoms with Gasteiger partial charge in [-0.25, -0.2) is 13.1 Å². The van der Waals surface area contributed by atoms with Crippen molar-refractivity contribution in [1.82, 2.24) is 9.62 Å². The third kappa shape index (κ3) is 4.95. The minimum atomic E-state index is -3.69. The summed E-state index contributed by atoms with van der Waals surface area (Å²) in [4.78, 5) is 18.3. The van der Waals surface area contributed by atoms with Crippen LogP contribution in [0.15, 0.2) is 51.8 Å². The van der Waals surface area contributed by atoms with Crippen LogP contribution in [-0.2, 0) is 21.2 Å². The fraction of sp³-hybridized carbons (Fsp3) is 0.409. The second-order valence-electron chi connectivity index (χ2n) is 7.89. The number of benzene rings is 2. The lowest BCUT2D eigenvalue weighted by Gasteiger charge is -2.36. The van der Waals surface area contributed by atoms with E-state index in [1.54, 1.807) is 11.0 Å². The van der Waals surface area contributed by atoms with Gasteiger partial charge in [-0.1, -0.05) is 18.2 Å². The summed E-state index contributed by atoms with van der Waals surface area (Å²) >= 11 is 3.40. The molecule has 0 bridgehead atoms. The number of amides is 1. The molecule has 0 aromatic heterocycles. The van der Waals surface area contributed by atoms with Crippen LogP contribution in [0.5, 0.6) is 0 Å². The lowest BCUT2D eigenvalue weighted by Crippen LogP contribution is -2.48. The van der Waals surface area contributed by atoms with Crippen LogP contribution in [0.4, 0.5) is 11.4 Å². The molecule has 0 unspecified atom stereocenters. The van der Waals surface area contributed by atoms with Gasteiger partial charge in [0.1, 0.15) is 0 Å². The molecular weight excluding hydrogens is 480 g/mol. The Morgan fingerprint density at radius 1 is 1.06 bits per heavy atom. The topological polar surface area (TPSA) is 73.0 Å². The highest BCUT2D eigenvalue weighted by molar-refractivity contribution is 9.10. The second-order valence-corrected chi connectivity index (χ2v) is 10.5. The number of hydrogen-bond acceptors (Lipinski definition) is 5. The summed E-state index contributed by atoms with van der Waals surface area (Å²) < 4.78 is 29.1. The highest BCUT2D eigenvalue weighted by atomic mass is 79.9. The third-order valence-electron chi connectivity index (χ3n) is 5.91. The molecule has 2 aliphatic heterocycles. The Bertz CT molecular complexity index is 1050. The van der Waals surface area contributed by atoms with Crippen LogP contribution < -0.4 is 14.5 Å². The van der Waals surface area contributed by atoms with Crippen LogP contribution in [0.1, 0.15) is 12.5 Å². The monoisotopic (exact) mass is 506 g/mol. The molecule has 166 valence electrons. The number of nitrogens with one attached hydrogen (secondary N) is 1. The molecule has 0 atom stereocenters. The molecule has 0 aliphatic carbocycles. The summed E-state index contributed by atoms with van der Waals surface area (Å²) in [5, 5.41) is 0. The van der Waals surface area contributed by atoms with E-state index in [4.69, 9.17) is 0 Å². The van der Waals surface area contributed by atoms with E-state index in [0.29, 0.717) is 29.8 Å². The molecule has 2 aromatic carbocycles. The van der Waals surface area contributed by atoms with Gasteiger partial charge in [-0.05, 0) is 52.2 Å². The maximum atomic E-state index is 12.9. The van der Waals surface area contributed by atoms with Gasteiger partial charge >= 0.3 is 0 Å². The Morgan fingerprint density at radius 3 is 2.45 bits per heavy atom. The molecule has 1 N–H and O–H groups in total. The van der Waals surface area contributed by atoms with Gasteiger partial charge in [0.05, 0.1) is 4.90 Å². The summed E-state index contributed by atoms with van der Waals surface area (Å²) in [7, 11) is -3.69. The quantitative estimate of drug-likeness (QED) is 0.651. The zero-order valence-corrected chi connectivity index (χ0v) is 20.0. The smallest absolute Gasteiger partial charge is 0.241 e. The minimum absolute atomic E-state index is 0.0768. The Morgan fingerprint density at radius 2 is 1.77 bits per heavy atom. The van der Waals surface area contributed by atoms with Crippen LogP contribution in [0, 0.1) is 0 Å². The van der Waals surface area contributed by atoms with Crippen molar-refractivity contribution in [2.75, 3.05) is 55.6 Å². The number of carbonyl (C=O) groups is 1. The largest absolute Gasteiger partial charge is 0.369 e. The van der Waals surface area contributed by atoms with Crippen LogP contribution in [0.2, 0.25) is 0 Å². The third-order valence-corrected chi connectivity index (χ3v) is 8.33. The fourth-order valence-corrected chi connectivity index (χ4v) is 6.33. The van der Waals surface area contributed by atoms with Gasteiger partial charge in [0.25, 0.3) is 0 Å². The lowest BCUT2D eigenvalue weighted by atomic mass is 10.2. The highest BCUT2D eigenvalue weighted by Crippen LogP contribution is 2.35. The van der Waals surface area contributed by atoms with Gasteiger partial charge in [-0.15, -0.1) is 0 Å². The van der Waals surface area contributed by atoms with Crippen molar-refractivity contribution in [3.63, 3.8) is 0 Å². The maximum absolute atomic E-state index is 12.9. The number of piperazine rings is 1. The van der Waals surface area contributed by atoms with Crippen LogP contribution >= 0.6 is 15.9 Å². The summed E-state index contributed by atoms with van der Waals surface area (Å²) in [6, 6.07) is 13.8. The molecule has 2 aliphatic rings. The average molecular weight is 507 g/mol. The Kier molecular flexibility index (Phi) is 6.66. The molecule has 0 spiro atoms. The SMILES string of the molecule is CC(=O)N1CCc2cc(Br)c(S(=O)(=O)NCCN3CCN(c4ccccc4)CC3)cc21.